The molecule has 0 atom stereocenters. The van der Waals surface area contributed by atoms with Crippen LogP contribution in [-0.4, -0.2) is 20.1 Å². The minimum atomic E-state index is -0.670. The van der Waals surface area contributed by atoms with E-state index in [1.54, 1.807) is 18.2 Å². The lowest BCUT2D eigenvalue weighted by molar-refractivity contribution is -0.130. The maximum Gasteiger partial charge on any atom is 0.338 e. The Morgan fingerprint density at radius 2 is 1.77 bits per heavy atom. The van der Waals surface area contributed by atoms with Gasteiger partial charge in [-0.15, -0.1) is 0 Å². The Bertz CT molecular complexity index is 1050. The molecule has 0 radical (unpaired) electrons. The summed E-state index contributed by atoms with van der Waals surface area (Å²) in [6.07, 6.45) is 0. The molecule has 132 valence electrons. The second-order valence-corrected chi connectivity index (χ2v) is 6.17. The number of esters is 1. The number of fused-ring (bicyclic) bond motifs is 1. The van der Waals surface area contributed by atoms with Gasteiger partial charge in [0.15, 0.2) is 5.76 Å². The first-order chi connectivity index (χ1) is 12.4. The van der Waals surface area contributed by atoms with Crippen LogP contribution < -0.4 is 15.1 Å². The van der Waals surface area contributed by atoms with Gasteiger partial charge in [0.05, 0.1) is 11.1 Å². The average molecular weight is 349 g/mol. The first kappa shape index (κ1) is 17.5. The zero-order chi connectivity index (χ0) is 18.8. The van der Waals surface area contributed by atoms with Crippen LogP contribution in [0.2, 0.25) is 0 Å². The van der Waals surface area contributed by atoms with Gasteiger partial charge in [-0.3, -0.25) is 4.79 Å². The Balaban J connectivity index is 2.37. The monoisotopic (exact) mass is 349 g/mol. The highest BCUT2D eigenvalue weighted by Gasteiger charge is 2.22. The van der Waals surface area contributed by atoms with Gasteiger partial charge in [0.25, 0.3) is 0 Å². The summed E-state index contributed by atoms with van der Waals surface area (Å²) in [6.45, 7) is 5.10. The van der Waals surface area contributed by atoms with Crippen molar-refractivity contribution in [1.82, 2.24) is 0 Å². The number of benzene rings is 2. The summed E-state index contributed by atoms with van der Waals surface area (Å²) >= 11 is 0. The third kappa shape index (κ3) is 3.11. The smallest absolute Gasteiger partial charge is 0.338 e. The maximum absolute atomic E-state index is 13.2. The van der Waals surface area contributed by atoms with Crippen LogP contribution in [0, 0.1) is 0 Å². The zero-order valence-corrected chi connectivity index (χ0v) is 14.9. The molecule has 0 unspecified atom stereocenters. The normalized spacial score (nSPS) is 10.6. The molecule has 0 aliphatic heterocycles. The molecule has 1 heterocycles. The molecule has 0 spiro atoms. The van der Waals surface area contributed by atoms with Crippen molar-refractivity contribution in [3.63, 3.8) is 0 Å². The Labute approximate surface area is 151 Å². The molecule has 0 N–H and O–H groups in total. The van der Waals surface area contributed by atoms with Gasteiger partial charge >= 0.3 is 5.97 Å². The van der Waals surface area contributed by atoms with E-state index in [1.807, 2.05) is 49.3 Å². The molecule has 0 saturated carbocycles. The lowest BCUT2D eigenvalue weighted by Gasteiger charge is -2.16. The van der Waals surface area contributed by atoms with Crippen molar-refractivity contribution < 1.29 is 13.9 Å². The van der Waals surface area contributed by atoms with E-state index < -0.39 is 11.4 Å². The number of ether oxygens (including phenoxy) is 1. The zero-order valence-electron chi connectivity index (χ0n) is 14.9. The van der Waals surface area contributed by atoms with Gasteiger partial charge in [-0.25, -0.2) is 4.79 Å². The van der Waals surface area contributed by atoms with E-state index in [4.69, 9.17) is 9.15 Å². The number of hydrogen-bond donors (Lipinski definition) is 0. The number of hydrogen-bond acceptors (Lipinski definition) is 5. The van der Waals surface area contributed by atoms with Crippen LogP contribution in [0.5, 0.6) is 5.75 Å². The van der Waals surface area contributed by atoms with E-state index >= 15 is 0 Å². The number of carbonyl (C=O) groups excluding carboxylic acids is 1. The molecule has 26 heavy (non-hydrogen) atoms. The number of rotatable bonds is 4. The van der Waals surface area contributed by atoms with Crippen LogP contribution in [0.4, 0.5) is 5.69 Å². The molecule has 0 bridgehead atoms. The van der Waals surface area contributed by atoms with E-state index in [1.165, 1.54) is 6.92 Å². The van der Waals surface area contributed by atoms with Crippen LogP contribution in [0.25, 0.3) is 22.3 Å². The fourth-order valence-electron chi connectivity index (χ4n) is 2.63. The Morgan fingerprint density at radius 1 is 1.08 bits per heavy atom. The number of carbonyl (C=O) groups is 1. The van der Waals surface area contributed by atoms with E-state index in [9.17, 15) is 9.59 Å². The molecule has 2 aromatic carbocycles. The van der Waals surface area contributed by atoms with Crippen molar-refractivity contribution in [3.8, 4) is 17.1 Å². The predicted molar refractivity (Wildman–Crippen MR) is 103 cm³/mol. The van der Waals surface area contributed by atoms with Crippen LogP contribution in [0.15, 0.2) is 69.9 Å². The molecule has 0 fully saturated rings. The minimum absolute atomic E-state index is 0.133. The summed E-state index contributed by atoms with van der Waals surface area (Å²) in [4.78, 5) is 27.1. The van der Waals surface area contributed by atoms with Crippen molar-refractivity contribution in [3.05, 3.63) is 70.9 Å². The van der Waals surface area contributed by atoms with Crippen molar-refractivity contribution >= 4 is 22.6 Å². The van der Waals surface area contributed by atoms with E-state index in [0.717, 1.165) is 0 Å². The van der Waals surface area contributed by atoms with Crippen molar-refractivity contribution in [2.75, 3.05) is 19.0 Å². The lowest BCUT2D eigenvalue weighted by atomic mass is 10.1. The summed E-state index contributed by atoms with van der Waals surface area (Å²) in [7, 11) is 3.66. The SMILES string of the molecule is C=C(C)C(=O)Oc1c(-c2ccccc2)oc2cccc(N(C)C)c2c1=O. The third-order valence-corrected chi connectivity index (χ3v) is 3.92. The first-order valence-corrected chi connectivity index (χ1v) is 8.10. The molecular weight excluding hydrogens is 330 g/mol. The van der Waals surface area contributed by atoms with Gasteiger partial charge in [-0.05, 0) is 19.1 Å². The fourth-order valence-corrected chi connectivity index (χ4v) is 2.63. The molecule has 5 nitrogen and oxygen atoms in total. The van der Waals surface area contributed by atoms with Gasteiger partial charge in [-0.1, -0.05) is 43.0 Å². The van der Waals surface area contributed by atoms with E-state index in [2.05, 4.69) is 6.58 Å². The van der Waals surface area contributed by atoms with Crippen LogP contribution >= 0.6 is 0 Å². The second kappa shape index (κ2) is 6.88. The van der Waals surface area contributed by atoms with Gasteiger partial charge < -0.3 is 14.1 Å². The largest absolute Gasteiger partial charge is 0.452 e. The lowest BCUT2D eigenvalue weighted by Crippen LogP contribution is -2.18. The quantitative estimate of drug-likeness (QED) is 0.526. The van der Waals surface area contributed by atoms with E-state index in [0.29, 0.717) is 22.2 Å². The summed E-state index contributed by atoms with van der Waals surface area (Å²) in [5.41, 5.74) is 1.55. The Morgan fingerprint density at radius 3 is 2.38 bits per heavy atom. The van der Waals surface area contributed by atoms with Crippen molar-refractivity contribution in [2.45, 2.75) is 6.92 Å². The maximum atomic E-state index is 13.2. The topological polar surface area (TPSA) is 59.8 Å². The molecule has 0 saturated heterocycles. The second-order valence-electron chi connectivity index (χ2n) is 6.17. The van der Waals surface area contributed by atoms with Gasteiger partial charge in [-0.2, -0.15) is 0 Å². The van der Waals surface area contributed by atoms with Gasteiger partial charge in [0.1, 0.15) is 5.58 Å². The van der Waals surface area contributed by atoms with Gasteiger partial charge in [0, 0.05) is 25.2 Å². The third-order valence-electron chi connectivity index (χ3n) is 3.92. The highest BCUT2D eigenvalue weighted by atomic mass is 16.5. The summed E-state index contributed by atoms with van der Waals surface area (Å²) in [5.74, 6) is -0.587. The summed E-state index contributed by atoms with van der Waals surface area (Å²) in [6, 6.07) is 14.4. The van der Waals surface area contributed by atoms with Crippen LogP contribution in [0.3, 0.4) is 0 Å². The fraction of sp³-hybridized carbons (Fsp3) is 0.143. The molecular formula is C21H19NO4. The Hall–Kier alpha value is -3.34. The Kier molecular flexibility index (Phi) is 4.63. The molecule has 3 aromatic rings. The van der Waals surface area contributed by atoms with Crippen LogP contribution in [0.1, 0.15) is 6.92 Å². The summed E-state index contributed by atoms with van der Waals surface area (Å²) in [5, 5.41) is 0.363. The number of anilines is 1. The molecule has 5 heteroatoms. The molecule has 0 aliphatic carbocycles. The van der Waals surface area contributed by atoms with Crippen molar-refractivity contribution in [2.24, 2.45) is 0 Å². The van der Waals surface area contributed by atoms with Crippen molar-refractivity contribution in [1.29, 1.82) is 0 Å². The summed E-state index contributed by atoms with van der Waals surface area (Å²) < 4.78 is 11.4. The highest BCUT2D eigenvalue weighted by molar-refractivity contribution is 5.95. The van der Waals surface area contributed by atoms with Crippen LogP contribution in [-0.2, 0) is 4.79 Å². The van der Waals surface area contributed by atoms with E-state index in [-0.39, 0.29) is 17.1 Å². The molecule has 0 amide bonds. The number of nitrogens with zero attached hydrogens (tertiary/aromatic N) is 1. The molecule has 3 rings (SSSR count). The predicted octanol–water partition coefficient (Wildman–Crippen LogP) is 4.01. The molecule has 1 aromatic heterocycles. The standard InChI is InChI=1S/C21H19NO4/c1-13(2)21(24)26-20-18(23)17-15(22(3)4)11-8-12-16(17)25-19(20)14-9-6-5-7-10-14/h5-12H,1H2,2-4H3. The first-order valence-electron chi connectivity index (χ1n) is 8.10. The average Bonchev–Trinajstić information content (AvgIpc) is 2.63. The van der Waals surface area contributed by atoms with Gasteiger partial charge in [0.2, 0.25) is 11.2 Å². The highest BCUT2D eigenvalue weighted by Crippen LogP contribution is 2.33. The minimum Gasteiger partial charge on any atom is -0.452 e. The molecule has 0 aliphatic rings.